The highest BCUT2D eigenvalue weighted by molar-refractivity contribution is 5.92. The molecule has 0 fully saturated rings. The third-order valence-electron chi connectivity index (χ3n) is 5.12. The van der Waals surface area contributed by atoms with Crippen LogP contribution in [0.4, 0.5) is 4.39 Å². The van der Waals surface area contributed by atoms with Crippen LogP contribution in [0.25, 0.3) is 11.3 Å². The number of carbonyl (C=O) groups is 1. The Kier molecular flexibility index (Phi) is 5.81. The van der Waals surface area contributed by atoms with Gasteiger partial charge in [-0.3, -0.25) is 14.6 Å². The van der Waals surface area contributed by atoms with Crippen molar-refractivity contribution in [1.82, 2.24) is 25.3 Å². The van der Waals surface area contributed by atoms with Crippen LogP contribution in [0.1, 0.15) is 38.4 Å². The number of amides is 1. The smallest absolute Gasteiger partial charge is 0.272 e. The first-order valence-corrected chi connectivity index (χ1v) is 10.0. The minimum atomic E-state index is -0.392. The van der Waals surface area contributed by atoms with Crippen molar-refractivity contribution in [3.05, 3.63) is 94.2 Å². The van der Waals surface area contributed by atoms with Crippen molar-refractivity contribution in [2.24, 2.45) is 0 Å². The minimum Gasteiger partial charge on any atom is -0.346 e. The van der Waals surface area contributed by atoms with Gasteiger partial charge in [-0.15, -0.1) is 0 Å². The van der Waals surface area contributed by atoms with Gasteiger partial charge in [-0.2, -0.15) is 15.5 Å². The summed E-state index contributed by atoms with van der Waals surface area (Å²) in [5.74, 6) is -0.754. The summed E-state index contributed by atoms with van der Waals surface area (Å²) in [4.78, 5) is 12.1. The van der Waals surface area contributed by atoms with E-state index in [9.17, 15) is 9.18 Å². The molecule has 0 saturated carbocycles. The van der Waals surface area contributed by atoms with Crippen molar-refractivity contribution in [2.75, 3.05) is 0 Å². The fourth-order valence-electron chi connectivity index (χ4n) is 3.37. The minimum absolute atomic E-state index is 0.0703. The van der Waals surface area contributed by atoms with Gasteiger partial charge in [0.1, 0.15) is 11.5 Å². The fraction of sp³-hybridized carbons (Fsp3) is 0.167. The molecule has 0 saturated heterocycles. The number of hydrogen-bond donors (Lipinski definition) is 2. The maximum absolute atomic E-state index is 14.6. The molecule has 4 rings (SSSR count). The maximum atomic E-state index is 14.6. The summed E-state index contributed by atoms with van der Waals surface area (Å²) in [6.07, 6.45) is 1.83. The van der Waals surface area contributed by atoms with Crippen LogP contribution in [-0.2, 0) is 13.1 Å². The predicted octanol–water partition coefficient (Wildman–Crippen LogP) is 3.88. The van der Waals surface area contributed by atoms with Gasteiger partial charge in [-0.1, -0.05) is 18.2 Å². The number of carbonyl (C=O) groups excluding carboxylic acids is 1. The number of hydrogen-bond acceptors (Lipinski definition) is 4. The van der Waals surface area contributed by atoms with E-state index in [4.69, 9.17) is 5.26 Å². The van der Waals surface area contributed by atoms with E-state index < -0.39 is 5.82 Å². The first-order valence-electron chi connectivity index (χ1n) is 10.0. The molecular weight excluding hydrogens is 407 g/mol. The zero-order valence-corrected chi connectivity index (χ0v) is 17.7. The van der Waals surface area contributed by atoms with Crippen LogP contribution >= 0.6 is 0 Å². The molecule has 0 aliphatic rings. The normalized spacial score (nSPS) is 10.7. The number of aromatic amines is 1. The molecule has 0 atom stereocenters. The van der Waals surface area contributed by atoms with Gasteiger partial charge in [0.2, 0.25) is 0 Å². The van der Waals surface area contributed by atoms with Gasteiger partial charge in [-0.25, -0.2) is 4.39 Å². The van der Waals surface area contributed by atoms with Crippen LogP contribution in [0.15, 0.2) is 54.7 Å². The zero-order chi connectivity index (χ0) is 22.7. The zero-order valence-electron chi connectivity index (χ0n) is 17.7. The number of halogens is 1. The number of H-pyrrole nitrogens is 1. The van der Waals surface area contributed by atoms with Crippen molar-refractivity contribution < 1.29 is 9.18 Å². The van der Waals surface area contributed by atoms with Gasteiger partial charge in [0, 0.05) is 29.6 Å². The van der Waals surface area contributed by atoms with Crippen molar-refractivity contribution >= 4 is 5.91 Å². The van der Waals surface area contributed by atoms with Gasteiger partial charge in [-0.05, 0) is 55.3 Å². The molecule has 0 aliphatic heterocycles. The van der Waals surface area contributed by atoms with Crippen LogP contribution in [0.3, 0.4) is 0 Å². The molecule has 32 heavy (non-hydrogen) atoms. The summed E-state index contributed by atoms with van der Waals surface area (Å²) in [6, 6.07) is 16.2. The van der Waals surface area contributed by atoms with Gasteiger partial charge >= 0.3 is 0 Å². The second-order valence-electron chi connectivity index (χ2n) is 7.58. The van der Waals surface area contributed by atoms with E-state index in [0.29, 0.717) is 17.7 Å². The fourth-order valence-corrected chi connectivity index (χ4v) is 3.37. The third kappa shape index (κ3) is 4.57. The monoisotopic (exact) mass is 428 g/mol. The van der Waals surface area contributed by atoms with E-state index in [0.717, 1.165) is 28.1 Å². The van der Waals surface area contributed by atoms with Crippen molar-refractivity contribution in [3.63, 3.8) is 0 Å². The summed E-state index contributed by atoms with van der Waals surface area (Å²) >= 11 is 0. The van der Waals surface area contributed by atoms with Crippen LogP contribution in [-0.4, -0.2) is 25.9 Å². The molecule has 0 bridgehead atoms. The Balaban J connectivity index is 1.41. The molecule has 2 heterocycles. The summed E-state index contributed by atoms with van der Waals surface area (Å²) in [5, 5.41) is 22.9. The second-order valence-corrected chi connectivity index (χ2v) is 7.58. The van der Waals surface area contributed by atoms with Crippen molar-refractivity contribution in [2.45, 2.75) is 26.9 Å². The summed E-state index contributed by atoms with van der Waals surface area (Å²) in [7, 11) is 0. The molecule has 1 amide bonds. The molecule has 0 unspecified atom stereocenters. The average Bonchev–Trinajstić information content (AvgIpc) is 3.42. The molecule has 2 aromatic heterocycles. The summed E-state index contributed by atoms with van der Waals surface area (Å²) in [6.45, 7) is 4.17. The Morgan fingerprint density at radius 2 is 2.03 bits per heavy atom. The number of nitriles is 1. The number of aromatic nitrogens is 4. The number of nitrogens with one attached hydrogen (secondary N) is 2. The molecule has 160 valence electrons. The summed E-state index contributed by atoms with van der Waals surface area (Å²) in [5.41, 5.74) is 5.43. The van der Waals surface area contributed by atoms with Gasteiger partial charge in [0.25, 0.3) is 5.91 Å². The van der Waals surface area contributed by atoms with Crippen molar-refractivity contribution in [3.8, 4) is 17.3 Å². The lowest BCUT2D eigenvalue weighted by atomic mass is 10.0. The molecule has 0 aliphatic carbocycles. The molecule has 0 spiro atoms. The SMILES string of the molecule is Cc1cc(C(=O)NCc2ccc(Cn3ccc(-c4ccc(C#N)c(C)c4)n3)cc2F)n[nH]1. The van der Waals surface area contributed by atoms with E-state index in [1.807, 2.05) is 37.4 Å². The Labute approximate surface area is 184 Å². The quantitative estimate of drug-likeness (QED) is 0.487. The number of nitrogens with zero attached hydrogens (tertiary/aromatic N) is 4. The van der Waals surface area contributed by atoms with E-state index in [-0.39, 0.29) is 18.1 Å². The van der Waals surface area contributed by atoms with E-state index in [1.54, 1.807) is 29.8 Å². The van der Waals surface area contributed by atoms with Gasteiger partial charge < -0.3 is 5.32 Å². The van der Waals surface area contributed by atoms with Gasteiger partial charge in [0.05, 0.1) is 23.9 Å². The van der Waals surface area contributed by atoms with E-state index >= 15 is 0 Å². The Morgan fingerprint density at radius 1 is 1.19 bits per heavy atom. The standard InChI is InChI=1S/C24H21FN6O/c1-15-9-18(5-6-19(15)12-26)22-7-8-31(30-22)14-17-3-4-20(21(25)11-17)13-27-24(32)23-10-16(2)28-29-23/h3-11H,13-14H2,1-2H3,(H,27,32)(H,28,29). The van der Waals surface area contributed by atoms with Crippen LogP contribution in [0, 0.1) is 31.0 Å². The van der Waals surface area contributed by atoms with Gasteiger partial charge in [0.15, 0.2) is 0 Å². The highest BCUT2D eigenvalue weighted by atomic mass is 19.1. The molecule has 0 radical (unpaired) electrons. The number of aryl methyl sites for hydroxylation is 2. The first kappa shape index (κ1) is 21.0. The first-order chi connectivity index (χ1) is 15.4. The topological polar surface area (TPSA) is 99.4 Å². The molecule has 2 N–H and O–H groups in total. The van der Waals surface area contributed by atoms with Crippen LogP contribution in [0.5, 0.6) is 0 Å². The lowest BCUT2D eigenvalue weighted by Crippen LogP contribution is -2.23. The van der Waals surface area contributed by atoms with Crippen molar-refractivity contribution in [1.29, 1.82) is 5.26 Å². The molecule has 8 heteroatoms. The molecular formula is C24H21FN6O. The average molecular weight is 428 g/mol. The molecule has 7 nitrogen and oxygen atoms in total. The number of benzene rings is 2. The Bertz CT molecular complexity index is 1330. The van der Waals surface area contributed by atoms with E-state index in [2.05, 4.69) is 26.7 Å². The highest BCUT2D eigenvalue weighted by Crippen LogP contribution is 2.21. The largest absolute Gasteiger partial charge is 0.346 e. The second kappa shape index (κ2) is 8.86. The predicted molar refractivity (Wildman–Crippen MR) is 117 cm³/mol. The third-order valence-corrected chi connectivity index (χ3v) is 5.12. The molecule has 2 aromatic carbocycles. The maximum Gasteiger partial charge on any atom is 0.272 e. The lowest BCUT2D eigenvalue weighted by Gasteiger charge is -2.08. The highest BCUT2D eigenvalue weighted by Gasteiger charge is 2.11. The van der Waals surface area contributed by atoms with Crippen LogP contribution in [0.2, 0.25) is 0 Å². The number of rotatable bonds is 6. The summed E-state index contributed by atoms with van der Waals surface area (Å²) < 4.78 is 16.3. The Morgan fingerprint density at radius 3 is 2.72 bits per heavy atom. The lowest BCUT2D eigenvalue weighted by molar-refractivity contribution is 0.0945. The van der Waals surface area contributed by atoms with E-state index in [1.165, 1.54) is 6.07 Å². The Hall–Kier alpha value is -4.25. The van der Waals surface area contributed by atoms with Crippen LogP contribution < -0.4 is 5.32 Å². The molecule has 4 aromatic rings.